The van der Waals surface area contributed by atoms with Crippen LogP contribution in [0.4, 0.5) is 0 Å². The second kappa shape index (κ2) is 9.17. The number of Topliss-reactive ketones (excluding diaryl/α,β-unsaturated/α-hetero) is 1. The van der Waals surface area contributed by atoms with Gasteiger partial charge in [-0.15, -0.1) is 0 Å². The summed E-state index contributed by atoms with van der Waals surface area (Å²) in [6, 6.07) is 9.23. The van der Waals surface area contributed by atoms with Gasteiger partial charge in [0.05, 0.1) is 6.61 Å². The number of hydrogen-bond acceptors (Lipinski definition) is 4. The summed E-state index contributed by atoms with van der Waals surface area (Å²) < 4.78 is 10.5. The summed E-state index contributed by atoms with van der Waals surface area (Å²) in [4.78, 5) is 24.4. The van der Waals surface area contributed by atoms with Gasteiger partial charge in [0, 0.05) is 11.6 Å². The number of hydrogen-bond donors (Lipinski definition) is 0. The van der Waals surface area contributed by atoms with Crippen LogP contribution in [0.25, 0.3) is 6.08 Å². The quantitative estimate of drug-likeness (QED) is 0.403. The van der Waals surface area contributed by atoms with Crippen LogP contribution in [-0.2, 0) is 9.53 Å². The molecule has 4 heteroatoms. The second-order valence-electron chi connectivity index (χ2n) is 6.48. The lowest BCUT2D eigenvalue weighted by Gasteiger charge is -2.13. The molecule has 0 aliphatic carbocycles. The van der Waals surface area contributed by atoms with Crippen molar-refractivity contribution >= 4 is 17.8 Å². The molecule has 0 aliphatic heterocycles. The Kier molecular flexibility index (Phi) is 6.94. The Balaban J connectivity index is 1.96. The van der Waals surface area contributed by atoms with Crippen LogP contribution in [0.2, 0.25) is 0 Å². The molecule has 0 fully saturated rings. The Labute approximate surface area is 160 Å². The summed E-state index contributed by atoms with van der Waals surface area (Å²) in [6.45, 7) is 10.2. The Morgan fingerprint density at radius 2 is 1.63 bits per heavy atom. The van der Waals surface area contributed by atoms with Crippen molar-refractivity contribution in [1.29, 1.82) is 0 Å². The number of aryl methyl sites for hydroxylation is 1. The first-order valence-electron chi connectivity index (χ1n) is 9.01. The zero-order chi connectivity index (χ0) is 20.0. The van der Waals surface area contributed by atoms with Crippen LogP contribution in [0, 0.1) is 27.7 Å². The van der Waals surface area contributed by atoms with Crippen molar-refractivity contribution in [3.05, 3.63) is 69.8 Å². The molecule has 0 aliphatic rings. The Hall–Kier alpha value is -2.88. The number of esters is 1. The predicted molar refractivity (Wildman–Crippen MR) is 107 cm³/mol. The van der Waals surface area contributed by atoms with Crippen molar-refractivity contribution < 1.29 is 19.1 Å². The molecule has 0 aromatic heterocycles. The van der Waals surface area contributed by atoms with Gasteiger partial charge in [-0.1, -0.05) is 12.1 Å². The molecule has 27 heavy (non-hydrogen) atoms. The summed E-state index contributed by atoms with van der Waals surface area (Å²) in [5.74, 6) is 0.0406. The van der Waals surface area contributed by atoms with E-state index in [4.69, 9.17) is 9.47 Å². The average Bonchev–Trinajstić information content (AvgIpc) is 2.67. The summed E-state index contributed by atoms with van der Waals surface area (Å²) >= 11 is 0. The van der Waals surface area contributed by atoms with E-state index in [-0.39, 0.29) is 12.4 Å². The van der Waals surface area contributed by atoms with Gasteiger partial charge < -0.3 is 9.47 Å². The molecule has 142 valence electrons. The first-order chi connectivity index (χ1) is 12.8. The molecular weight excluding hydrogens is 340 g/mol. The summed E-state index contributed by atoms with van der Waals surface area (Å²) in [6.07, 6.45) is 2.97. The van der Waals surface area contributed by atoms with Crippen LogP contribution in [-0.4, -0.2) is 25.0 Å². The molecule has 0 saturated carbocycles. The molecule has 0 radical (unpaired) electrons. The van der Waals surface area contributed by atoms with Crippen LogP contribution in [0.3, 0.4) is 0 Å². The van der Waals surface area contributed by atoms with Gasteiger partial charge in [-0.25, -0.2) is 4.79 Å². The van der Waals surface area contributed by atoms with E-state index in [0.29, 0.717) is 12.2 Å². The zero-order valence-electron chi connectivity index (χ0n) is 16.6. The maximum absolute atomic E-state index is 12.4. The molecule has 0 atom stereocenters. The molecule has 0 bridgehead atoms. The lowest BCUT2D eigenvalue weighted by atomic mass is 9.93. The number of rotatable bonds is 7. The van der Waals surface area contributed by atoms with E-state index in [2.05, 4.69) is 0 Å². The molecule has 0 saturated heterocycles. The first kappa shape index (κ1) is 20.4. The summed E-state index contributed by atoms with van der Waals surface area (Å²) in [5, 5.41) is 0. The minimum Gasteiger partial charge on any atom is -0.494 e. The highest BCUT2D eigenvalue weighted by Crippen LogP contribution is 2.21. The summed E-state index contributed by atoms with van der Waals surface area (Å²) in [7, 11) is 0. The third kappa shape index (κ3) is 5.30. The van der Waals surface area contributed by atoms with E-state index in [9.17, 15) is 9.59 Å². The van der Waals surface area contributed by atoms with Crippen LogP contribution >= 0.6 is 0 Å². The predicted octanol–water partition coefficient (Wildman–Crippen LogP) is 4.76. The largest absolute Gasteiger partial charge is 0.494 e. The number of ketones is 1. The maximum atomic E-state index is 12.4. The third-order valence-corrected chi connectivity index (χ3v) is 4.73. The van der Waals surface area contributed by atoms with Gasteiger partial charge >= 0.3 is 5.97 Å². The standard InChI is InChI=1S/C23H26O4/c1-6-26-20-10-7-19(8-11-20)9-12-23(25)27-14-22(24)21-13-15(2)16(3)17(4)18(21)5/h7-13H,6,14H2,1-5H3/b12-9+. The molecule has 0 unspecified atom stereocenters. The van der Waals surface area contributed by atoms with Crippen LogP contribution in [0.5, 0.6) is 5.75 Å². The number of carbonyl (C=O) groups is 2. The minimum absolute atomic E-state index is 0.193. The maximum Gasteiger partial charge on any atom is 0.331 e. The van der Waals surface area contributed by atoms with Crippen LogP contribution in [0.1, 0.15) is 45.1 Å². The van der Waals surface area contributed by atoms with Gasteiger partial charge in [0.25, 0.3) is 0 Å². The van der Waals surface area contributed by atoms with E-state index in [1.54, 1.807) is 6.08 Å². The fourth-order valence-electron chi connectivity index (χ4n) is 2.77. The number of benzene rings is 2. The fraction of sp³-hybridized carbons (Fsp3) is 0.304. The van der Waals surface area contributed by atoms with Crippen molar-refractivity contribution in [3.63, 3.8) is 0 Å². The third-order valence-electron chi connectivity index (χ3n) is 4.73. The highest BCUT2D eigenvalue weighted by atomic mass is 16.5. The fourth-order valence-corrected chi connectivity index (χ4v) is 2.77. The van der Waals surface area contributed by atoms with Crippen molar-refractivity contribution in [2.75, 3.05) is 13.2 Å². The highest BCUT2D eigenvalue weighted by molar-refractivity contribution is 6.00. The van der Waals surface area contributed by atoms with Gasteiger partial charge in [0.2, 0.25) is 5.78 Å². The van der Waals surface area contributed by atoms with Gasteiger partial charge in [0.15, 0.2) is 6.61 Å². The van der Waals surface area contributed by atoms with Crippen molar-refractivity contribution in [1.82, 2.24) is 0 Å². The topological polar surface area (TPSA) is 52.6 Å². The molecule has 4 nitrogen and oxygen atoms in total. The van der Waals surface area contributed by atoms with E-state index in [1.807, 2.05) is 65.0 Å². The van der Waals surface area contributed by atoms with Gasteiger partial charge in [0.1, 0.15) is 5.75 Å². The molecule has 0 N–H and O–H groups in total. The molecular formula is C23H26O4. The van der Waals surface area contributed by atoms with Crippen molar-refractivity contribution in [2.24, 2.45) is 0 Å². The lowest BCUT2D eigenvalue weighted by Crippen LogP contribution is -2.15. The summed E-state index contributed by atoms with van der Waals surface area (Å²) in [5.41, 5.74) is 5.73. The SMILES string of the molecule is CCOc1ccc(/C=C/C(=O)OCC(=O)c2cc(C)c(C)c(C)c2C)cc1. The molecule has 0 spiro atoms. The molecule has 2 aromatic rings. The molecule has 0 amide bonds. The zero-order valence-corrected chi connectivity index (χ0v) is 16.6. The van der Waals surface area contributed by atoms with Gasteiger partial charge in [-0.3, -0.25) is 4.79 Å². The van der Waals surface area contributed by atoms with E-state index in [1.165, 1.54) is 11.6 Å². The van der Waals surface area contributed by atoms with Gasteiger partial charge in [-0.05, 0) is 86.7 Å². The average molecular weight is 366 g/mol. The molecule has 0 heterocycles. The molecule has 2 aromatic carbocycles. The van der Waals surface area contributed by atoms with E-state index in [0.717, 1.165) is 28.0 Å². The normalized spacial score (nSPS) is 10.9. The highest BCUT2D eigenvalue weighted by Gasteiger charge is 2.15. The van der Waals surface area contributed by atoms with E-state index < -0.39 is 5.97 Å². The Morgan fingerprint density at radius 1 is 0.963 bits per heavy atom. The lowest BCUT2D eigenvalue weighted by molar-refractivity contribution is -0.136. The Morgan fingerprint density at radius 3 is 2.26 bits per heavy atom. The second-order valence-corrected chi connectivity index (χ2v) is 6.48. The number of carbonyl (C=O) groups excluding carboxylic acids is 2. The van der Waals surface area contributed by atoms with E-state index >= 15 is 0 Å². The van der Waals surface area contributed by atoms with Crippen LogP contribution < -0.4 is 4.74 Å². The van der Waals surface area contributed by atoms with Crippen LogP contribution in [0.15, 0.2) is 36.4 Å². The minimum atomic E-state index is -0.546. The number of ether oxygens (including phenoxy) is 2. The molecule has 2 rings (SSSR count). The smallest absolute Gasteiger partial charge is 0.331 e. The monoisotopic (exact) mass is 366 g/mol. The van der Waals surface area contributed by atoms with Crippen molar-refractivity contribution in [2.45, 2.75) is 34.6 Å². The van der Waals surface area contributed by atoms with Gasteiger partial charge in [-0.2, -0.15) is 0 Å². The van der Waals surface area contributed by atoms with Crippen molar-refractivity contribution in [3.8, 4) is 5.75 Å². The Bertz CT molecular complexity index is 861. The first-order valence-corrected chi connectivity index (χ1v) is 9.01.